The standard InChI is InChI=1S/C19H19F2N3OS2/c20-19(21)8-7-12-13(9-19)26-17(23-16(25)11-3-1-2-4-11)14(12)18-22-15(24-27-18)10-5-6-10/h3,10H,1-2,4-9H2,(H,23,25). The molecule has 3 aliphatic rings. The summed E-state index contributed by atoms with van der Waals surface area (Å²) in [6.07, 6.45) is 6.77. The monoisotopic (exact) mass is 407 g/mol. The highest BCUT2D eigenvalue weighted by atomic mass is 32.1. The van der Waals surface area contributed by atoms with Crippen molar-refractivity contribution in [3.05, 3.63) is 27.9 Å². The lowest BCUT2D eigenvalue weighted by atomic mass is 9.93. The highest BCUT2D eigenvalue weighted by Crippen LogP contribution is 2.49. The minimum absolute atomic E-state index is 0.119. The first-order valence-corrected chi connectivity index (χ1v) is 11.0. The first-order valence-electron chi connectivity index (χ1n) is 9.37. The minimum Gasteiger partial charge on any atom is -0.313 e. The van der Waals surface area contributed by atoms with Gasteiger partial charge in [0.15, 0.2) is 0 Å². The minimum atomic E-state index is -2.68. The zero-order valence-electron chi connectivity index (χ0n) is 14.7. The van der Waals surface area contributed by atoms with Crippen LogP contribution in [0.3, 0.4) is 0 Å². The first kappa shape index (κ1) is 17.4. The number of alkyl halides is 2. The molecule has 5 rings (SSSR count). The Balaban J connectivity index is 1.54. The average molecular weight is 408 g/mol. The summed E-state index contributed by atoms with van der Waals surface area (Å²) in [5.41, 5.74) is 2.52. The zero-order chi connectivity index (χ0) is 18.6. The number of nitrogens with one attached hydrogen (secondary N) is 1. The molecule has 0 radical (unpaired) electrons. The molecule has 2 aromatic heterocycles. The fourth-order valence-electron chi connectivity index (χ4n) is 3.77. The normalized spacial score (nSPS) is 21.0. The van der Waals surface area contributed by atoms with Gasteiger partial charge in [0, 0.05) is 29.2 Å². The molecule has 2 aromatic rings. The summed E-state index contributed by atoms with van der Waals surface area (Å²) in [7, 11) is 0. The SMILES string of the molecule is O=C(Nc1sc2c(c1-c1nc(C3CC3)ns1)CCC(F)(F)C2)C1=CCCC1. The van der Waals surface area contributed by atoms with Crippen molar-refractivity contribution in [3.8, 4) is 10.6 Å². The second-order valence-electron chi connectivity index (χ2n) is 7.55. The molecule has 2 heterocycles. The molecule has 0 bridgehead atoms. The number of aromatic nitrogens is 2. The number of carbonyl (C=O) groups excluding carboxylic acids is 1. The molecule has 3 aliphatic carbocycles. The fourth-order valence-corrected chi connectivity index (χ4v) is 5.98. The molecular weight excluding hydrogens is 388 g/mol. The van der Waals surface area contributed by atoms with E-state index >= 15 is 0 Å². The van der Waals surface area contributed by atoms with Gasteiger partial charge < -0.3 is 5.32 Å². The van der Waals surface area contributed by atoms with E-state index in [2.05, 4.69) is 14.7 Å². The topological polar surface area (TPSA) is 54.9 Å². The Morgan fingerprint density at radius 2 is 2.15 bits per heavy atom. The molecule has 1 fully saturated rings. The molecule has 0 saturated heterocycles. The van der Waals surface area contributed by atoms with E-state index in [0.29, 0.717) is 22.2 Å². The van der Waals surface area contributed by atoms with Crippen LogP contribution >= 0.6 is 22.9 Å². The van der Waals surface area contributed by atoms with Crippen molar-refractivity contribution in [1.82, 2.24) is 9.36 Å². The van der Waals surface area contributed by atoms with Crippen molar-refractivity contribution >= 4 is 33.8 Å². The zero-order valence-corrected chi connectivity index (χ0v) is 16.3. The maximum absolute atomic E-state index is 13.9. The smallest absolute Gasteiger partial charge is 0.253 e. The van der Waals surface area contributed by atoms with Crippen molar-refractivity contribution in [2.24, 2.45) is 0 Å². The molecule has 4 nitrogen and oxygen atoms in total. The average Bonchev–Trinajstić information content (AvgIpc) is 3.04. The number of nitrogens with zero attached hydrogens (tertiary/aromatic N) is 2. The van der Waals surface area contributed by atoms with Crippen molar-refractivity contribution in [1.29, 1.82) is 0 Å². The molecule has 0 atom stereocenters. The molecule has 0 aliphatic heterocycles. The highest BCUT2D eigenvalue weighted by Gasteiger charge is 2.38. The van der Waals surface area contributed by atoms with Crippen LogP contribution in [0.15, 0.2) is 11.6 Å². The number of halogens is 2. The van der Waals surface area contributed by atoms with E-state index in [0.717, 1.165) is 59.6 Å². The molecule has 0 unspecified atom stereocenters. The van der Waals surface area contributed by atoms with E-state index in [1.54, 1.807) is 0 Å². The van der Waals surface area contributed by atoms with E-state index in [-0.39, 0.29) is 18.7 Å². The van der Waals surface area contributed by atoms with Gasteiger partial charge in [-0.05, 0) is 55.6 Å². The largest absolute Gasteiger partial charge is 0.313 e. The third-order valence-electron chi connectivity index (χ3n) is 5.41. The highest BCUT2D eigenvalue weighted by molar-refractivity contribution is 7.18. The van der Waals surface area contributed by atoms with E-state index in [9.17, 15) is 13.6 Å². The molecule has 0 spiro atoms. The summed E-state index contributed by atoms with van der Waals surface area (Å²) >= 11 is 2.59. The quantitative estimate of drug-likeness (QED) is 0.747. The van der Waals surface area contributed by atoms with E-state index in [1.807, 2.05) is 6.08 Å². The maximum atomic E-state index is 13.9. The van der Waals surface area contributed by atoms with E-state index in [1.165, 1.54) is 22.9 Å². The molecule has 8 heteroatoms. The number of hydrogen-bond donors (Lipinski definition) is 1. The second-order valence-corrected chi connectivity index (χ2v) is 9.41. The van der Waals surface area contributed by atoms with Crippen LogP contribution in [0.4, 0.5) is 13.8 Å². The van der Waals surface area contributed by atoms with Crippen LogP contribution in [0, 0.1) is 0 Å². The van der Waals surface area contributed by atoms with Crippen LogP contribution in [-0.4, -0.2) is 21.2 Å². The Morgan fingerprint density at radius 1 is 1.30 bits per heavy atom. The number of allylic oxidation sites excluding steroid dienone is 1. The molecular formula is C19H19F2N3OS2. The Kier molecular flexibility index (Phi) is 4.16. The summed E-state index contributed by atoms with van der Waals surface area (Å²) in [6.45, 7) is 0. The number of carbonyl (C=O) groups is 1. The Hall–Kier alpha value is -1.67. The fraction of sp³-hybridized carbons (Fsp3) is 0.526. The van der Waals surface area contributed by atoms with Gasteiger partial charge in [0.1, 0.15) is 15.8 Å². The third kappa shape index (κ3) is 3.33. The van der Waals surface area contributed by atoms with E-state index in [4.69, 9.17) is 0 Å². The van der Waals surface area contributed by atoms with Gasteiger partial charge in [0.25, 0.3) is 11.8 Å². The number of anilines is 1. The molecule has 0 aromatic carbocycles. The lowest BCUT2D eigenvalue weighted by Gasteiger charge is -2.21. The summed E-state index contributed by atoms with van der Waals surface area (Å²) in [5, 5.41) is 4.39. The van der Waals surface area contributed by atoms with E-state index < -0.39 is 5.92 Å². The number of rotatable bonds is 4. The van der Waals surface area contributed by atoms with Crippen LogP contribution in [0.1, 0.15) is 60.7 Å². The summed E-state index contributed by atoms with van der Waals surface area (Å²) < 4.78 is 32.3. The molecule has 1 saturated carbocycles. The van der Waals surface area contributed by atoms with Crippen LogP contribution in [0.5, 0.6) is 0 Å². The lowest BCUT2D eigenvalue weighted by Crippen LogP contribution is -2.24. The van der Waals surface area contributed by atoms with Gasteiger partial charge >= 0.3 is 0 Å². The Labute approximate surface area is 163 Å². The predicted octanol–water partition coefficient (Wildman–Crippen LogP) is 5.32. The number of thiophene rings is 1. The van der Waals surface area contributed by atoms with Crippen LogP contribution in [0.25, 0.3) is 10.6 Å². The summed E-state index contributed by atoms with van der Waals surface area (Å²) in [5.74, 6) is -1.50. The first-order chi connectivity index (χ1) is 13.0. The Bertz CT molecular complexity index is 943. The molecule has 1 N–H and O–H groups in total. The molecule has 142 valence electrons. The van der Waals surface area contributed by atoms with Crippen molar-refractivity contribution in [3.63, 3.8) is 0 Å². The van der Waals surface area contributed by atoms with Gasteiger partial charge in [0.2, 0.25) is 0 Å². The van der Waals surface area contributed by atoms with Gasteiger partial charge in [0.05, 0.1) is 5.56 Å². The predicted molar refractivity (Wildman–Crippen MR) is 103 cm³/mol. The number of amides is 1. The van der Waals surface area contributed by atoms with Crippen LogP contribution in [-0.2, 0) is 17.6 Å². The summed E-state index contributed by atoms with van der Waals surface area (Å²) in [4.78, 5) is 18.0. The van der Waals surface area contributed by atoms with Gasteiger partial charge in [-0.2, -0.15) is 4.37 Å². The second kappa shape index (κ2) is 6.44. The van der Waals surface area contributed by atoms with Crippen molar-refractivity contribution in [2.45, 2.75) is 63.2 Å². The van der Waals surface area contributed by atoms with Crippen LogP contribution < -0.4 is 5.32 Å². The van der Waals surface area contributed by atoms with Gasteiger partial charge in [-0.15, -0.1) is 11.3 Å². The maximum Gasteiger partial charge on any atom is 0.253 e. The van der Waals surface area contributed by atoms with Crippen molar-refractivity contribution in [2.75, 3.05) is 5.32 Å². The lowest BCUT2D eigenvalue weighted by molar-refractivity contribution is -0.112. The molecule has 27 heavy (non-hydrogen) atoms. The van der Waals surface area contributed by atoms with Gasteiger partial charge in [-0.25, -0.2) is 13.8 Å². The Morgan fingerprint density at radius 3 is 2.89 bits per heavy atom. The van der Waals surface area contributed by atoms with Gasteiger partial charge in [-0.1, -0.05) is 6.08 Å². The molecule has 1 amide bonds. The number of fused-ring (bicyclic) bond motifs is 1. The summed E-state index contributed by atoms with van der Waals surface area (Å²) in [6, 6.07) is 0. The number of hydrogen-bond acceptors (Lipinski definition) is 5. The van der Waals surface area contributed by atoms with Crippen molar-refractivity contribution < 1.29 is 13.6 Å². The van der Waals surface area contributed by atoms with Gasteiger partial charge in [-0.3, -0.25) is 4.79 Å². The third-order valence-corrected chi connectivity index (χ3v) is 7.30. The van der Waals surface area contributed by atoms with Crippen LogP contribution in [0.2, 0.25) is 0 Å².